The van der Waals surface area contributed by atoms with Gasteiger partial charge in [0.25, 0.3) is 11.8 Å². The van der Waals surface area contributed by atoms with E-state index in [2.05, 4.69) is 20.9 Å². The lowest BCUT2D eigenvalue weighted by Crippen LogP contribution is -2.19. The molecule has 172 valence electrons. The Balaban J connectivity index is 1.95. The second-order valence-corrected chi connectivity index (χ2v) is 7.46. The van der Waals surface area contributed by atoms with Gasteiger partial charge in [-0.05, 0) is 35.9 Å². The number of aromatic nitrogens is 1. The van der Waals surface area contributed by atoms with Crippen LogP contribution in [0.5, 0.6) is 5.75 Å². The standard InChI is InChI=1S/C26H23FN4O3/c1-28-25(32)17-10-9-15(11-21(17)27)18-12-19-22(13-23(18)34-3)30-14-20(26(33)29-2)24(19)31-16-7-5-4-6-8-16/h4-14H,1-3H3,(H,28,32)(H,29,33)(H,30,31). The van der Waals surface area contributed by atoms with Gasteiger partial charge in [0.15, 0.2) is 0 Å². The van der Waals surface area contributed by atoms with E-state index in [4.69, 9.17) is 4.74 Å². The number of carbonyl (C=O) groups excluding carboxylic acids is 2. The van der Waals surface area contributed by atoms with Crippen molar-refractivity contribution >= 4 is 34.1 Å². The lowest BCUT2D eigenvalue weighted by molar-refractivity contribution is 0.0953. The average Bonchev–Trinajstić information content (AvgIpc) is 2.87. The Kier molecular flexibility index (Phi) is 6.40. The van der Waals surface area contributed by atoms with E-state index in [9.17, 15) is 14.0 Å². The fraction of sp³-hybridized carbons (Fsp3) is 0.115. The molecule has 4 aromatic rings. The van der Waals surface area contributed by atoms with Crippen LogP contribution >= 0.6 is 0 Å². The second-order valence-electron chi connectivity index (χ2n) is 7.46. The van der Waals surface area contributed by atoms with Crippen LogP contribution in [0.2, 0.25) is 0 Å². The number of anilines is 2. The maximum atomic E-state index is 14.7. The molecule has 1 aromatic heterocycles. The van der Waals surface area contributed by atoms with Gasteiger partial charge < -0.3 is 20.7 Å². The number of methoxy groups -OCH3 is 1. The first-order valence-corrected chi connectivity index (χ1v) is 10.5. The van der Waals surface area contributed by atoms with Crippen molar-refractivity contribution in [1.82, 2.24) is 15.6 Å². The van der Waals surface area contributed by atoms with Gasteiger partial charge >= 0.3 is 0 Å². The molecule has 0 unspecified atom stereocenters. The molecule has 0 spiro atoms. The number of fused-ring (bicyclic) bond motifs is 1. The summed E-state index contributed by atoms with van der Waals surface area (Å²) in [5, 5.41) is 9.03. The molecule has 0 aliphatic carbocycles. The van der Waals surface area contributed by atoms with E-state index >= 15 is 0 Å². The van der Waals surface area contributed by atoms with E-state index in [1.165, 1.54) is 32.5 Å². The maximum Gasteiger partial charge on any atom is 0.254 e. The molecule has 3 aromatic carbocycles. The van der Waals surface area contributed by atoms with Gasteiger partial charge in [-0.15, -0.1) is 0 Å². The number of benzene rings is 3. The summed E-state index contributed by atoms with van der Waals surface area (Å²) in [6.07, 6.45) is 1.50. The van der Waals surface area contributed by atoms with Gasteiger partial charge in [0.2, 0.25) is 0 Å². The van der Waals surface area contributed by atoms with Crippen molar-refractivity contribution in [3.05, 3.63) is 83.8 Å². The largest absolute Gasteiger partial charge is 0.496 e. The molecule has 0 atom stereocenters. The SMILES string of the molecule is CNC(=O)c1ccc(-c2cc3c(Nc4ccccc4)c(C(=O)NC)cnc3cc2OC)cc1F. The molecule has 2 amide bonds. The number of para-hydroxylation sites is 1. The molecular weight excluding hydrogens is 435 g/mol. The number of pyridine rings is 1. The van der Waals surface area contributed by atoms with Crippen molar-refractivity contribution in [2.75, 3.05) is 26.5 Å². The third kappa shape index (κ3) is 4.25. The van der Waals surface area contributed by atoms with Crippen LogP contribution < -0.4 is 20.7 Å². The highest BCUT2D eigenvalue weighted by atomic mass is 19.1. The van der Waals surface area contributed by atoms with Crippen LogP contribution in [0.15, 0.2) is 66.9 Å². The summed E-state index contributed by atoms with van der Waals surface area (Å²) in [7, 11) is 4.51. The van der Waals surface area contributed by atoms with Gasteiger partial charge in [-0.2, -0.15) is 0 Å². The summed E-state index contributed by atoms with van der Waals surface area (Å²) in [4.78, 5) is 29.0. The molecule has 0 fully saturated rings. The zero-order valence-corrected chi connectivity index (χ0v) is 18.9. The van der Waals surface area contributed by atoms with Crippen molar-refractivity contribution in [3.63, 3.8) is 0 Å². The Morgan fingerprint density at radius 1 is 0.912 bits per heavy atom. The van der Waals surface area contributed by atoms with Crippen LogP contribution in [0.25, 0.3) is 22.0 Å². The Hall–Kier alpha value is -4.46. The minimum Gasteiger partial charge on any atom is -0.496 e. The van der Waals surface area contributed by atoms with E-state index in [1.54, 1.807) is 25.2 Å². The fourth-order valence-corrected chi connectivity index (χ4v) is 3.72. The first-order chi connectivity index (χ1) is 16.5. The van der Waals surface area contributed by atoms with E-state index < -0.39 is 11.7 Å². The minimum absolute atomic E-state index is 0.0546. The fourth-order valence-electron chi connectivity index (χ4n) is 3.72. The zero-order chi connectivity index (χ0) is 24.2. The number of ether oxygens (including phenoxy) is 1. The third-order valence-corrected chi connectivity index (χ3v) is 5.46. The van der Waals surface area contributed by atoms with Gasteiger partial charge in [0.05, 0.1) is 29.4 Å². The number of hydrogen-bond donors (Lipinski definition) is 3. The number of hydrogen-bond acceptors (Lipinski definition) is 5. The van der Waals surface area contributed by atoms with Crippen molar-refractivity contribution < 1.29 is 18.7 Å². The summed E-state index contributed by atoms with van der Waals surface area (Å²) in [6.45, 7) is 0. The van der Waals surface area contributed by atoms with Gasteiger partial charge in [-0.1, -0.05) is 24.3 Å². The highest BCUT2D eigenvalue weighted by Crippen LogP contribution is 2.38. The van der Waals surface area contributed by atoms with Crippen LogP contribution in [0, 0.1) is 5.82 Å². The summed E-state index contributed by atoms with van der Waals surface area (Å²) in [5.41, 5.74) is 3.34. The summed E-state index contributed by atoms with van der Waals surface area (Å²) < 4.78 is 20.3. The second kappa shape index (κ2) is 9.58. The number of rotatable bonds is 6. The number of carbonyl (C=O) groups is 2. The molecular formula is C26H23FN4O3. The topological polar surface area (TPSA) is 92.4 Å². The first kappa shape index (κ1) is 22.7. The molecule has 7 nitrogen and oxygen atoms in total. The number of nitrogens with zero attached hydrogens (tertiary/aromatic N) is 1. The molecule has 4 rings (SSSR count). The molecule has 34 heavy (non-hydrogen) atoms. The molecule has 0 radical (unpaired) electrons. The highest BCUT2D eigenvalue weighted by Gasteiger charge is 2.19. The number of nitrogens with one attached hydrogen (secondary N) is 3. The lowest BCUT2D eigenvalue weighted by atomic mass is 9.98. The highest BCUT2D eigenvalue weighted by molar-refractivity contribution is 6.09. The predicted molar refractivity (Wildman–Crippen MR) is 130 cm³/mol. The lowest BCUT2D eigenvalue weighted by Gasteiger charge is -2.17. The van der Waals surface area contributed by atoms with E-state index in [0.717, 1.165) is 5.69 Å². The number of amides is 2. The Labute approximate surface area is 196 Å². The van der Waals surface area contributed by atoms with Gasteiger partial charge in [-0.25, -0.2) is 4.39 Å². The van der Waals surface area contributed by atoms with Crippen molar-refractivity contribution in [2.24, 2.45) is 0 Å². The van der Waals surface area contributed by atoms with E-state index in [1.807, 2.05) is 30.3 Å². The van der Waals surface area contributed by atoms with Crippen LogP contribution in [0.3, 0.4) is 0 Å². The van der Waals surface area contributed by atoms with Crippen LogP contribution in [-0.2, 0) is 0 Å². The summed E-state index contributed by atoms with van der Waals surface area (Å²) >= 11 is 0. The smallest absolute Gasteiger partial charge is 0.254 e. The zero-order valence-electron chi connectivity index (χ0n) is 18.9. The van der Waals surface area contributed by atoms with Gasteiger partial charge in [0, 0.05) is 43.0 Å². The Bertz CT molecular complexity index is 1390. The molecule has 0 saturated heterocycles. The van der Waals surface area contributed by atoms with Crippen molar-refractivity contribution in [2.45, 2.75) is 0 Å². The van der Waals surface area contributed by atoms with Crippen molar-refractivity contribution in [3.8, 4) is 16.9 Å². The molecule has 3 N–H and O–H groups in total. The maximum absolute atomic E-state index is 14.7. The minimum atomic E-state index is -0.654. The molecule has 1 heterocycles. The normalized spacial score (nSPS) is 10.6. The number of halogens is 1. The Morgan fingerprint density at radius 2 is 1.62 bits per heavy atom. The third-order valence-electron chi connectivity index (χ3n) is 5.46. The van der Waals surface area contributed by atoms with E-state index in [-0.39, 0.29) is 11.5 Å². The Morgan fingerprint density at radius 3 is 2.26 bits per heavy atom. The van der Waals surface area contributed by atoms with E-state index in [0.29, 0.717) is 39.0 Å². The van der Waals surface area contributed by atoms with Gasteiger partial charge in [-0.3, -0.25) is 14.6 Å². The van der Waals surface area contributed by atoms with Crippen LogP contribution in [0.1, 0.15) is 20.7 Å². The van der Waals surface area contributed by atoms with Crippen molar-refractivity contribution in [1.29, 1.82) is 0 Å². The first-order valence-electron chi connectivity index (χ1n) is 10.5. The molecule has 0 bridgehead atoms. The summed E-state index contributed by atoms with van der Waals surface area (Å²) in [6, 6.07) is 17.3. The average molecular weight is 458 g/mol. The van der Waals surface area contributed by atoms with Crippen LogP contribution in [0.4, 0.5) is 15.8 Å². The summed E-state index contributed by atoms with van der Waals surface area (Å²) in [5.74, 6) is -0.987. The van der Waals surface area contributed by atoms with Gasteiger partial charge in [0.1, 0.15) is 11.6 Å². The van der Waals surface area contributed by atoms with Crippen LogP contribution in [-0.4, -0.2) is 38.0 Å². The molecule has 0 aliphatic heterocycles. The molecule has 0 saturated carbocycles. The quantitative estimate of drug-likeness (QED) is 0.395. The molecule has 8 heteroatoms. The monoisotopic (exact) mass is 458 g/mol. The predicted octanol–water partition coefficient (Wildman–Crippen LogP) is 4.51. The molecule has 0 aliphatic rings.